The molecule has 0 amide bonds. The summed E-state index contributed by atoms with van der Waals surface area (Å²) in [5, 5.41) is 7.32. The first-order valence-corrected chi connectivity index (χ1v) is 1.30. The molecule has 2 nitrogen and oxygen atoms in total. The van der Waals surface area contributed by atoms with E-state index in [1.54, 1.807) is 6.07 Å². The molecule has 0 rings (SSSR count). The maximum Gasteiger partial charge on any atom is 0.0587 e. The summed E-state index contributed by atoms with van der Waals surface area (Å²) < 4.78 is 0. The molecule has 0 saturated heterocycles. The number of hydrogen-bond acceptors (Lipinski definition) is 2. The number of nitrogens with zero attached hydrogens (tertiary/aromatic N) is 1. The first-order valence-electron chi connectivity index (χ1n) is 1.30. The van der Waals surface area contributed by atoms with Crippen LogP contribution in [-0.4, -0.2) is 7.05 Å². The van der Waals surface area contributed by atoms with Gasteiger partial charge in [0.25, 0.3) is 0 Å². The topological polar surface area (TPSA) is 49.8 Å². The van der Waals surface area contributed by atoms with Gasteiger partial charge in [0.15, 0.2) is 0 Å². The van der Waals surface area contributed by atoms with Crippen LogP contribution >= 0.6 is 12.4 Å². The van der Waals surface area contributed by atoms with Crippen molar-refractivity contribution in [1.29, 1.82) is 5.26 Å². The maximum absolute atomic E-state index is 7.32. The second-order valence-corrected chi connectivity index (χ2v) is 0.224. The van der Waals surface area contributed by atoms with Gasteiger partial charge in [-0.3, -0.25) is 0 Å². The minimum Gasteiger partial charge on any atom is -0.333 e. The van der Waals surface area contributed by atoms with Gasteiger partial charge in [0, 0.05) is 6.92 Å². The fourth-order valence-corrected chi connectivity index (χ4v) is 0. The minimum atomic E-state index is 0. The van der Waals surface area contributed by atoms with Gasteiger partial charge in [-0.2, -0.15) is 5.26 Å². The Morgan fingerprint density at radius 3 is 1.50 bits per heavy atom. The maximum atomic E-state index is 7.32. The molecule has 2 N–H and O–H groups in total. The van der Waals surface area contributed by atoms with Gasteiger partial charge < -0.3 is 5.73 Å². The molecule has 0 fully saturated rings. The molecule has 3 heteroatoms. The third-order valence-electron chi connectivity index (χ3n) is 0. The normalized spacial score (nSPS) is 2.33. The molecular weight excluding hydrogens is 99.5 g/mol. The van der Waals surface area contributed by atoms with E-state index in [0.717, 1.165) is 0 Å². The van der Waals surface area contributed by atoms with Crippen LogP contribution in [0.1, 0.15) is 6.92 Å². The zero-order valence-electron chi connectivity index (χ0n) is 3.93. The standard InChI is InChI=1S/C2H3N.CH5N.ClH/c1-2-3;1-2;/h1H3;2H2,1H3;1H. The molecule has 0 aliphatic rings. The molecule has 0 atom stereocenters. The summed E-state index contributed by atoms with van der Waals surface area (Å²) in [5.74, 6) is 0. The quantitative estimate of drug-likeness (QED) is 0.492. The lowest BCUT2D eigenvalue weighted by molar-refractivity contribution is 1.48. The highest BCUT2D eigenvalue weighted by Gasteiger charge is 1.17. The van der Waals surface area contributed by atoms with Crippen molar-refractivity contribution in [3.05, 3.63) is 0 Å². The molecular formula is C3H9ClN2. The van der Waals surface area contributed by atoms with Crippen LogP contribution in [0, 0.1) is 11.3 Å². The van der Waals surface area contributed by atoms with Crippen molar-refractivity contribution in [3.63, 3.8) is 0 Å². The van der Waals surface area contributed by atoms with E-state index in [4.69, 9.17) is 5.26 Å². The van der Waals surface area contributed by atoms with Crippen LogP contribution in [-0.2, 0) is 0 Å². The van der Waals surface area contributed by atoms with Crippen molar-refractivity contribution in [2.24, 2.45) is 5.73 Å². The summed E-state index contributed by atoms with van der Waals surface area (Å²) in [4.78, 5) is 0. The van der Waals surface area contributed by atoms with Crippen molar-refractivity contribution < 1.29 is 0 Å². The van der Waals surface area contributed by atoms with Crippen LogP contribution in [0.5, 0.6) is 0 Å². The highest BCUT2D eigenvalue weighted by atomic mass is 35.5. The van der Waals surface area contributed by atoms with E-state index >= 15 is 0 Å². The number of rotatable bonds is 0. The highest BCUT2D eigenvalue weighted by Crippen LogP contribution is 1.21. The summed E-state index contributed by atoms with van der Waals surface area (Å²) in [7, 11) is 1.50. The number of nitrogens with two attached hydrogens (primary N) is 1. The zero-order valence-corrected chi connectivity index (χ0v) is 4.75. The average Bonchev–Trinajstić information content (AvgIpc) is 1.46. The van der Waals surface area contributed by atoms with Gasteiger partial charge in [0.1, 0.15) is 0 Å². The van der Waals surface area contributed by atoms with Crippen LogP contribution < -0.4 is 5.73 Å². The molecule has 0 unspecified atom stereocenters. The monoisotopic (exact) mass is 108 g/mol. The van der Waals surface area contributed by atoms with Gasteiger partial charge in [-0.05, 0) is 7.05 Å². The van der Waals surface area contributed by atoms with Gasteiger partial charge in [-0.1, -0.05) is 0 Å². The molecule has 38 valence electrons. The summed E-state index contributed by atoms with van der Waals surface area (Å²) in [5.41, 5.74) is 4.50. The van der Waals surface area contributed by atoms with Gasteiger partial charge in [-0.25, -0.2) is 0 Å². The Labute approximate surface area is 44.4 Å². The first kappa shape index (κ1) is 17.2. The SMILES string of the molecule is CC#N.CN.Cl. The summed E-state index contributed by atoms with van der Waals surface area (Å²) in [6.07, 6.45) is 0. The number of hydrogen-bond donors (Lipinski definition) is 1. The van der Waals surface area contributed by atoms with Crippen molar-refractivity contribution in [2.75, 3.05) is 7.05 Å². The van der Waals surface area contributed by atoms with Gasteiger partial charge in [-0.15, -0.1) is 12.4 Å². The average molecular weight is 109 g/mol. The predicted molar refractivity (Wildman–Crippen MR) is 28.6 cm³/mol. The molecule has 0 spiro atoms. The van der Waals surface area contributed by atoms with E-state index in [-0.39, 0.29) is 12.4 Å². The Balaban J connectivity index is -0.0000000275. The Hall–Kier alpha value is -0.260. The lowest BCUT2D eigenvalue weighted by Crippen LogP contribution is -1.69. The molecule has 6 heavy (non-hydrogen) atoms. The Bertz CT molecular complexity index is 30.3. The van der Waals surface area contributed by atoms with Crippen LogP contribution in [0.25, 0.3) is 0 Å². The summed E-state index contributed by atoms with van der Waals surface area (Å²) >= 11 is 0. The molecule has 0 aliphatic carbocycles. The van der Waals surface area contributed by atoms with Crippen molar-refractivity contribution in [3.8, 4) is 6.07 Å². The van der Waals surface area contributed by atoms with Crippen molar-refractivity contribution >= 4 is 12.4 Å². The third kappa shape index (κ3) is 415. The molecule has 0 saturated carbocycles. The third-order valence-corrected chi connectivity index (χ3v) is 0. The molecule has 0 heterocycles. The van der Waals surface area contributed by atoms with Crippen molar-refractivity contribution in [1.82, 2.24) is 0 Å². The second kappa shape index (κ2) is 121. The van der Waals surface area contributed by atoms with E-state index in [1.165, 1.54) is 14.0 Å². The van der Waals surface area contributed by atoms with Crippen LogP contribution in [0.3, 0.4) is 0 Å². The second-order valence-electron chi connectivity index (χ2n) is 0.224. The lowest BCUT2D eigenvalue weighted by Gasteiger charge is -1.19. The van der Waals surface area contributed by atoms with E-state index in [2.05, 4.69) is 5.73 Å². The van der Waals surface area contributed by atoms with E-state index in [9.17, 15) is 0 Å². The fraction of sp³-hybridized carbons (Fsp3) is 0.667. The molecule has 0 aromatic rings. The number of halogens is 1. The smallest absolute Gasteiger partial charge is 0.0587 e. The first-order chi connectivity index (χ1) is 2.41. The van der Waals surface area contributed by atoms with E-state index < -0.39 is 0 Å². The van der Waals surface area contributed by atoms with Gasteiger partial charge >= 0.3 is 0 Å². The van der Waals surface area contributed by atoms with Crippen LogP contribution in [0.4, 0.5) is 0 Å². The Morgan fingerprint density at radius 2 is 1.50 bits per heavy atom. The zero-order chi connectivity index (χ0) is 4.71. The summed E-state index contributed by atoms with van der Waals surface area (Å²) in [6.45, 7) is 1.43. The van der Waals surface area contributed by atoms with E-state index in [1.807, 2.05) is 0 Å². The van der Waals surface area contributed by atoms with Gasteiger partial charge in [0.2, 0.25) is 0 Å². The van der Waals surface area contributed by atoms with Gasteiger partial charge in [0.05, 0.1) is 6.07 Å². The lowest BCUT2D eigenvalue weighted by atomic mass is 11.0. The largest absolute Gasteiger partial charge is 0.333 e. The minimum absolute atomic E-state index is 0. The number of nitriles is 1. The highest BCUT2D eigenvalue weighted by molar-refractivity contribution is 5.85. The molecule has 0 radical (unpaired) electrons. The summed E-state index contributed by atoms with van der Waals surface area (Å²) in [6, 6.07) is 1.75. The fourth-order valence-electron chi connectivity index (χ4n) is 0. The Kier molecular flexibility index (Phi) is 347. The van der Waals surface area contributed by atoms with E-state index in [0.29, 0.717) is 0 Å². The molecule has 0 aliphatic heterocycles. The van der Waals surface area contributed by atoms with Crippen LogP contribution in [0.2, 0.25) is 0 Å². The molecule has 0 bridgehead atoms. The Morgan fingerprint density at radius 1 is 1.50 bits per heavy atom. The van der Waals surface area contributed by atoms with Crippen molar-refractivity contribution in [2.45, 2.75) is 6.92 Å². The molecule has 0 aromatic heterocycles. The predicted octanol–water partition coefficient (Wildman–Crippen LogP) is 0.527. The van der Waals surface area contributed by atoms with Crippen LogP contribution in [0.15, 0.2) is 0 Å². The molecule has 0 aromatic carbocycles.